The number of oxime groups is 1. The zero-order valence-electron chi connectivity index (χ0n) is 12.5. The largest absolute Gasteiger partial charge is 0.409 e. The van der Waals surface area contributed by atoms with E-state index in [0.717, 1.165) is 19.3 Å². The van der Waals surface area contributed by atoms with Crippen molar-refractivity contribution in [1.29, 1.82) is 0 Å². The topological polar surface area (TPSA) is 96.9 Å². The lowest BCUT2D eigenvalue weighted by molar-refractivity contribution is -0.132. The van der Waals surface area contributed by atoms with Crippen molar-refractivity contribution in [1.82, 2.24) is 5.32 Å². The van der Waals surface area contributed by atoms with Crippen LogP contribution in [0, 0.1) is 5.41 Å². The first-order valence-corrected chi connectivity index (χ1v) is 8.80. The second-order valence-corrected chi connectivity index (χ2v) is 7.01. The van der Waals surface area contributed by atoms with Gasteiger partial charge < -0.3 is 21.0 Å². The Morgan fingerprint density at radius 1 is 1.43 bits per heavy atom. The maximum atomic E-state index is 12.7. The Morgan fingerprint density at radius 2 is 2.14 bits per heavy atom. The molecule has 6 nitrogen and oxygen atoms in total. The zero-order chi connectivity index (χ0) is 15.3. The van der Waals surface area contributed by atoms with Crippen molar-refractivity contribution in [3.05, 3.63) is 0 Å². The van der Waals surface area contributed by atoms with Gasteiger partial charge in [0.2, 0.25) is 5.91 Å². The lowest BCUT2D eigenvalue weighted by atomic mass is 9.77. The van der Waals surface area contributed by atoms with Crippen LogP contribution in [0.5, 0.6) is 0 Å². The molecule has 7 heteroatoms. The Morgan fingerprint density at radius 3 is 2.76 bits per heavy atom. The van der Waals surface area contributed by atoms with Crippen LogP contribution in [0.2, 0.25) is 0 Å². The fraction of sp³-hybridized carbons (Fsp3) is 0.857. The molecule has 2 rings (SSSR count). The Bertz CT molecular complexity index is 397. The minimum atomic E-state index is -0.917. The second kappa shape index (κ2) is 7.35. The fourth-order valence-corrected chi connectivity index (χ4v) is 4.06. The molecule has 1 amide bonds. The Kier molecular flexibility index (Phi) is 5.75. The van der Waals surface area contributed by atoms with Gasteiger partial charge in [-0.05, 0) is 38.4 Å². The molecule has 0 aromatic heterocycles. The van der Waals surface area contributed by atoms with Gasteiger partial charge in [-0.15, -0.1) is 0 Å². The molecule has 1 aliphatic carbocycles. The van der Waals surface area contributed by atoms with Gasteiger partial charge in [-0.3, -0.25) is 4.79 Å². The van der Waals surface area contributed by atoms with E-state index in [1.165, 1.54) is 6.42 Å². The number of nitrogens with zero attached hydrogens (tertiary/aromatic N) is 1. The lowest BCUT2D eigenvalue weighted by Gasteiger charge is -2.37. The van der Waals surface area contributed by atoms with E-state index in [0.29, 0.717) is 31.3 Å². The highest BCUT2D eigenvalue weighted by Crippen LogP contribution is 2.33. The van der Waals surface area contributed by atoms with Crippen LogP contribution < -0.4 is 11.1 Å². The van der Waals surface area contributed by atoms with Crippen LogP contribution in [-0.2, 0) is 9.53 Å². The number of nitrogens with two attached hydrogens (primary N) is 1. The molecule has 1 saturated carbocycles. The molecule has 2 unspecified atom stereocenters. The van der Waals surface area contributed by atoms with E-state index in [9.17, 15) is 4.79 Å². The van der Waals surface area contributed by atoms with Gasteiger partial charge in [-0.1, -0.05) is 11.6 Å². The van der Waals surface area contributed by atoms with E-state index in [1.54, 1.807) is 0 Å². The lowest BCUT2D eigenvalue weighted by Crippen LogP contribution is -2.55. The zero-order valence-corrected chi connectivity index (χ0v) is 13.3. The highest BCUT2D eigenvalue weighted by molar-refractivity contribution is 7.99. The predicted octanol–water partition coefficient (Wildman–Crippen LogP) is 1.32. The highest BCUT2D eigenvalue weighted by Gasteiger charge is 2.45. The Labute approximate surface area is 129 Å². The Hall–Kier alpha value is -0.950. The van der Waals surface area contributed by atoms with Crippen LogP contribution in [0.15, 0.2) is 5.16 Å². The molecule has 2 fully saturated rings. The summed E-state index contributed by atoms with van der Waals surface area (Å²) < 4.78 is 5.32. The standard InChI is InChI=1S/C14H25N3O3S/c1-21-11-4-2-3-10(9-11)16-13(18)14(12(15)17-19)5-7-20-8-6-14/h10-11,19H,2-9H2,1H3,(H2,15,17)(H,16,18). The molecule has 0 radical (unpaired) electrons. The summed E-state index contributed by atoms with van der Waals surface area (Å²) in [5.41, 5.74) is 4.90. The van der Waals surface area contributed by atoms with Crippen LogP contribution in [0.1, 0.15) is 38.5 Å². The summed E-state index contributed by atoms with van der Waals surface area (Å²) in [6.07, 6.45) is 7.40. The quantitative estimate of drug-likeness (QED) is 0.315. The number of rotatable bonds is 4. The third-order valence-corrected chi connectivity index (χ3v) is 5.77. The summed E-state index contributed by atoms with van der Waals surface area (Å²) in [4.78, 5) is 12.7. The van der Waals surface area contributed by atoms with E-state index in [4.69, 9.17) is 15.7 Å². The van der Waals surface area contributed by atoms with Gasteiger partial charge in [0.25, 0.3) is 0 Å². The summed E-state index contributed by atoms with van der Waals surface area (Å²) in [7, 11) is 0. The van der Waals surface area contributed by atoms with Crippen LogP contribution in [-0.4, -0.2) is 47.7 Å². The number of amides is 1. The minimum absolute atomic E-state index is 0.000487. The third-order valence-electron chi connectivity index (χ3n) is 4.67. The van der Waals surface area contributed by atoms with E-state index in [2.05, 4.69) is 16.7 Å². The molecule has 120 valence electrons. The number of carbonyl (C=O) groups is 1. The van der Waals surface area contributed by atoms with Gasteiger partial charge in [0.05, 0.1) is 0 Å². The minimum Gasteiger partial charge on any atom is -0.409 e. The first-order valence-electron chi connectivity index (χ1n) is 7.52. The average Bonchev–Trinajstić information content (AvgIpc) is 2.54. The average molecular weight is 315 g/mol. The van der Waals surface area contributed by atoms with Crippen molar-refractivity contribution in [2.24, 2.45) is 16.3 Å². The van der Waals surface area contributed by atoms with Crippen molar-refractivity contribution in [2.75, 3.05) is 19.5 Å². The molecule has 2 aliphatic rings. The molecule has 1 saturated heterocycles. The van der Waals surface area contributed by atoms with Crippen LogP contribution in [0.25, 0.3) is 0 Å². The van der Waals surface area contributed by atoms with E-state index < -0.39 is 5.41 Å². The van der Waals surface area contributed by atoms with Gasteiger partial charge >= 0.3 is 0 Å². The van der Waals surface area contributed by atoms with Crippen molar-refractivity contribution >= 4 is 23.5 Å². The van der Waals surface area contributed by atoms with Gasteiger partial charge in [0, 0.05) is 24.5 Å². The molecule has 0 spiro atoms. The van der Waals surface area contributed by atoms with Crippen molar-refractivity contribution in [2.45, 2.75) is 49.8 Å². The van der Waals surface area contributed by atoms with Crippen LogP contribution >= 0.6 is 11.8 Å². The molecule has 1 heterocycles. The summed E-state index contributed by atoms with van der Waals surface area (Å²) in [6, 6.07) is 0.190. The third kappa shape index (κ3) is 3.63. The van der Waals surface area contributed by atoms with Gasteiger partial charge in [0.1, 0.15) is 5.41 Å². The van der Waals surface area contributed by atoms with E-state index in [1.807, 2.05) is 11.8 Å². The number of ether oxygens (including phenoxy) is 1. The number of amidine groups is 1. The Balaban J connectivity index is 2.05. The maximum absolute atomic E-state index is 12.7. The predicted molar refractivity (Wildman–Crippen MR) is 83.6 cm³/mol. The molecule has 0 bridgehead atoms. The van der Waals surface area contributed by atoms with Gasteiger partial charge in [-0.25, -0.2) is 0 Å². The van der Waals surface area contributed by atoms with E-state index >= 15 is 0 Å². The first kappa shape index (κ1) is 16.4. The number of hydrogen-bond acceptors (Lipinski definition) is 5. The van der Waals surface area contributed by atoms with E-state index in [-0.39, 0.29) is 17.8 Å². The first-order chi connectivity index (χ1) is 10.1. The van der Waals surface area contributed by atoms with Crippen molar-refractivity contribution in [3.63, 3.8) is 0 Å². The SMILES string of the molecule is CSC1CCCC(NC(=O)C2(C(N)=NO)CCOCC2)C1. The maximum Gasteiger partial charge on any atom is 0.234 e. The summed E-state index contributed by atoms with van der Waals surface area (Å²) >= 11 is 1.86. The molecule has 0 aromatic rings. The smallest absolute Gasteiger partial charge is 0.234 e. The molecule has 21 heavy (non-hydrogen) atoms. The van der Waals surface area contributed by atoms with Crippen molar-refractivity contribution < 1.29 is 14.7 Å². The molecule has 4 N–H and O–H groups in total. The molecular formula is C14H25N3O3S. The molecule has 0 aromatic carbocycles. The summed E-state index contributed by atoms with van der Waals surface area (Å²) in [5, 5.41) is 15.9. The number of nitrogens with one attached hydrogen (secondary N) is 1. The highest BCUT2D eigenvalue weighted by atomic mass is 32.2. The van der Waals surface area contributed by atoms with Crippen LogP contribution in [0.4, 0.5) is 0 Å². The number of hydrogen-bond donors (Lipinski definition) is 3. The van der Waals surface area contributed by atoms with Crippen LogP contribution in [0.3, 0.4) is 0 Å². The number of carbonyl (C=O) groups excluding carboxylic acids is 1. The number of thioether (sulfide) groups is 1. The summed E-state index contributed by atoms with van der Waals surface area (Å²) in [5.74, 6) is -0.117. The molecular weight excluding hydrogens is 290 g/mol. The summed E-state index contributed by atoms with van der Waals surface area (Å²) in [6.45, 7) is 0.920. The molecule has 2 atom stereocenters. The molecule has 1 aliphatic heterocycles. The fourth-order valence-electron chi connectivity index (χ4n) is 3.23. The normalized spacial score (nSPS) is 29.9. The van der Waals surface area contributed by atoms with Crippen molar-refractivity contribution in [3.8, 4) is 0 Å². The monoisotopic (exact) mass is 315 g/mol. The van der Waals surface area contributed by atoms with Gasteiger partial charge in [-0.2, -0.15) is 11.8 Å². The second-order valence-electron chi connectivity index (χ2n) is 5.87. The van der Waals surface area contributed by atoms with Gasteiger partial charge in [0.15, 0.2) is 5.84 Å².